The predicted molar refractivity (Wildman–Crippen MR) is 86.4 cm³/mol. The van der Waals surface area contributed by atoms with Crippen LogP contribution in [0.2, 0.25) is 0 Å². The molecule has 0 aromatic heterocycles. The number of hydrogen-bond donors (Lipinski definition) is 2. The van der Waals surface area contributed by atoms with Crippen molar-refractivity contribution in [2.75, 3.05) is 0 Å². The van der Waals surface area contributed by atoms with Crippen LogP contribution in [0.3, 0.4) is 0 Å². The van der Waals surface area contributed by atoms with Crippen LogP contribution in [0, 0.1) is 0 Å². The highest BCUT2D eigenvalue weighted by molar-refractivity contribution is 7.79. The maximum absolute atomic E-state index is 4.82. The van der Waals surface area contributed by atoms with Crippen LogP contribution in [0.15, 0.2) is 24.3 Å². The molecule has 0 bridgehead atoms. The van der Waals surface area contributed by atoms with E-state index in [1.54, 1.807) is 11.0 Å². The lowest BCUT2D eigenvalue weighted by atomic mass is 9.96. The van der Waals surface area contributed by atoms with Crippen molar-refractivity contribution in [3.8, 4) is 0 Å². The molecule has 2 nitrogen and oxygen atoms in total. The molecule has 0 heterocycles. The molecule has 1 rings (SSSR count). The van der Waals surface area contributed by atoms with E-state index in [9.17, 15) is 0 Å². The minimum Gasteiger partial charge on any atom is -0.379 e. The Kier molecular flexibility index (Phi) is 6.83. The van der Waals surface area contributed by atoms with E-state index in [1.165, 1.54) is 11.1 Å². The standard InChI is InChI=1S/C14H20N2S2/c1-11(15-9-17)7-13-5-3-4-6-14(13)8-12(2)16-10-18/h3-6,9-12H,7-8H2,1-2H3,(H,15,17)(H,16,18). The molecule has 4 heteroatoms. The molecule has 0 radical (unpaired) electrons. The van der Waals surface area contributed by atoms with E-state index in [2.05, 4.69) is 48.7 Å². The van der Waals surface area contributed by atoms with Gasteiger partial charge in [0.25, 0.3) is 0 Å². The van der Waals surface area contributed by atoms with Crippen LogP contribution in [0.25, 0.3) is 0 Å². The first-order valence-electron chi connectivity index (χ1n) is 6.13. The van der Waals surface area contributed by atoms with Crippen molar-refractivity contribution in [1.82, 2.24) is 10.6 Å². The number of thiocarbonyl (C=S) groups is 2. The first kappa shape index (κ1) is 15.1. The zero-order valence-corrected chi connectivity index (χ0v) is 12.5. The van der Waals surface area contributed by atoms with Gasteiger partial charge in [0.15, 0.2) is 0 Å². The van der Waals surface area contributed by atoms with Gasteiger partial charge in [-0.1, -0.05) is 48.7 Å². The quantitative estimate of drug-likeness (QED) is 0.715. The van der Waals surface area contributed by atoms with E-state index in [-0.39, 0.29) is 0 Å². The summed E-state index contributed by atoms with van der Waals surface area (Å²) in [6, 6.07) is 9.25. The maximum Gasteiger partial charge on any atom is 0.0617 e. The van der Waals surface area contributed by atoms with Crippen molar-refractivity contribution in [2.24, 2.45) is 0 Å². The van der Waals surface area contributed by atoms with Gasteiger partial charge < -0.3 is 10.6 Å². The van der Waals surface area contributed by atoms with Crippen molar-refractivity contribution >= 4 is 35.4 Å². The summed E-state index contributed by atoms with van der Waals surface area (Å²) in [5, 5.41) is 6.30. The first-order valence-corrected chi connectivity index (χ1v) is 7.07. The van der Waals surface area contributed by atoms with Gasteiger partial charge in [0.05, 0.1) is 11.0 Å². The van der Waals surface area contributed by atoms with Crippen LogP contribution in [-0.2, 0) is 12.8 Å². The molecule has 98 valence electrons. The average Bonchev–Trinajstić information content (AvgIpc) is 2.32. The molecule has 0 spiro atoms. The lowest BCUT2D eigenvalue weighted by Gasteiger charge is -2.17. The van der Waals surface area contributed by atoms with Gasteiger partial charge in [-0.05, 0) is 37.8 Å². The topological polar surface area (TPSA) is 24.1 Å². The average molecular weight is 280 g/mol. The molecule has 2 N–H and O–H groups in total. The molecule has 0 aliphatic carbocycles. The van der Waals surface area contributed by atoms with Gasteiger partial charge in [-0.25, -0.2) is 0 Å². The van der Waals surface area contributed by atoms with Gasteiger partial charge in [0.1, 0.15) is 0 Å². The molecule has 0 saturated heterocycles. The third kappa shape index (κ3) is 5.10. The molecule has 1 aromatic carbocycles. The van der Waals surface area contributed by atoms with Crippen LogP contribution in [0.1, 0.15) is 25.0 Å². The number of hydrogen-bond acceptors (Lipinski definition) is 2. The fourth-order valence-electron chi connectivity index (χ4n) is 1.97. The summed E-state index contributed by atoms with van der Waals surface area (Å²) in [5.41, 5.74) is 5.91. The zero-order chi connectivity index (χ0) is 13.4. The highest BCUT2D eigenvalue weighted by atomic mass is 32.1. The van der Waals surface area contributed by atoms with Crippen molar-refractivity contribution in [3.63, 3.8) is 0 Å². The molecule has 0 aliphatic heterocycles. The van der Waals surface area contributed by atoms with Crippen LogP contribution < -0.4 is 10.6 Å². The van der Waals surface area contributed by atoms with Gasteiger partial charge in [0.2, 0.25) is 0 Å². The lowest BCUT2D eigenvalue weighted by molar-refractivity contribution is 0.643. The summed E-state index contributed by atoms with van der Waals surface area (Å²) in [7, 11) is 0. The normalized spacial score (nSPS) is 13.4. The van der Waals surface area contributed by atoms with E-state index >= 15 is 0 Å². The molecular formula is C14H20N2S2. The lowest BCUT2D eigenvalue weighted by Crippen LogP contribution is -2.28. The molecule has 0 aliphatic rings. The second-order valence-corrected chi connectivity index (χ2v) is 5.02. The Balaban J connectivity index is 2.72. The Labute approximate surface area is 120 Å². The molecule has 1 aromatic rings. The molecule has 0 amide bonds. The third-order valence-electron chi connectivity index (χ3n) is 2.88. The zero-order valence-electron chi connectivity index (χ0n) is 10.8. The maximum atomic E-state index is 4.82. The van der Waals surface area contributed by atoms with Crippen LogP contribution in [0.4, 0.5) is 0 Å². The minimum absolute atomic E-state index is 0.359. The molecule has 2 atom stereocenters. The fraction of sp³-hybridized carbons (Fsp3) is 0.429. The summed E-state index contributed by atoms with van der Waals surface area (Å²) in [6.07, 6.45) is 1.96. The third-order valence-corrected chi connectivity index (χ3v) is 3.15. The first-order chi connectivity index (χ1) is 8.67. The van der Waals surface area contributed by atoms with Crippen LogP contribution in [0.5, 0.6) is 0 Å². The molecule has 0 saturated carbocycles. The number of rotatable bonds is 8. The number of nitrogens with one attached hydrogen (secondary N) is 2. The van der Waals surface area contributed by atoms with Crippen molar-refractivity contribution in [1.29, 1.82) is 0 Å². The van der Waals surface area contributed by atoms with Gasteiger partial charge in [-0.3, -0.25) is 0 Å². The Morgan fingerprint density at radius 2 is 1.33 bits per heavy atom. The van der Waals surface area contributed by atoms with Gasteiger partial charge in [0, 0.05) is 12.1 Å². The molecular weight excluding hydrogens is 260 g/mol. The van der Waals surface area contributed by atoms with E-state index in [0.717, 1.165) is 12.8 Å². The summed E-state index contributed by atoms with van der Waals surface area (Å²) < 4.78 is 0. The van der Waals surface area contributed by atoms with E-state index < -0.39 is 0 Å². The Morgan fingerprint density at radius 1 is 0.944 bits per heavy atom. The Bertz CT molecular complexity index is 356. The summed E-state index contributed by atoms with van der Waals surface area (Å²) in [6.45, 7) is 4.27. The second kappa shape index (κ2) is 8.16. The van der Waals surface area contributed by atoms with Crippen molar-refractivity contribution in [2.45, 2.75) is 38.8 Å². The highest BCUT2D eigenvalue weighted by Crippen LogP contribution is 2.13. The summed E-state index contributed by atoms with van der Waals surface area (Å²) in [5.74, 6) is 0. The van der Waals surface area contributed by atoms with Gasteiger partial charge >= 0.3 is 0 Å². The fourth-order valence-corrected chi connectivity index (χ4v) is 2.43. The summed E-state index contributed by atoms with van der Waals surface area (Å²) >= 11 is 9.64. The largest absolute Gasteiger partial charge is 0.379 e. The monoisotopic (exact) mass is 280 g/mol. The van der Waals surface area contributed by atoms with E-state index in [1.807, 2.05) is 0 Å². The van der Waals surface area contributed by atoms with Crippen LogP contribution in [-0.4, -0.2) is 23.1 Å². The number of benzene rings is 1. The second-order valence-electron chi connectivity index (χ2n) is 4.55. The van der Waals surface area contributed by atoms with Crippen LogP contribution >= 0.6 is 24.4 Å². The Morgan fingerprint density at radius 3 is 1.67 bits per heavy atom. The Hall–Kier alpha value is -1.000. The molecule has 18 heavy (non-hydrogen) atoms. The highest BCUT2D eigenvalue weighted by Gasteiger charge is 2.08. The smallest absolute Gasteiger partial charge is 0.0617 e. The van der Waals surface area contributed by atoms with Crippen molar-refractivity contribution in [3.05, 3.63) is 35.4 Å². The van der Waals surface area contributed by atoms with Gasteiger partial charge in [-0.15, -0.1) is 0 Å². The van der Waals surface area contributed by atoms with Gasteiger partial charge in [-0.2, -0.15) is 0 Å². The molecule has 2 unspecified atom stereocenters. The summed E-state index contributed by atoms with van der Waals surface area (Å²) in [4.78, 5) is 0. The predicted octanol–water partition coefficient (Wildman–Crippen LogP) is 2.64. The minimum atomic E-state index is 0.359. The van der Waals surface area contributed by atoms with E-state index in [0.29, 0.717) is 12.1 Å². The van der Waals surface area contributed by atoms with Crippen molar-refractivity contribution < 1.29 is 0 Å². The van der Waals surface area contributed by atoms with E-state index in [4.69, 9.17) is 24.4 Å². The SMILES string of the molecule is CC(Cc1ccccc1CC(C)NC=S)NC=S. The molecule has 0 fully saturated rings.